The summed E-state index contributed by atoms with van der Waals surface area (Å²) in [5.74, 6) is -12.8. The summed E-state index contributed by atoms with van der Waals surface area (Å²) in [7, 11) is 0. The zero-order valence-electron chi connectivity index (χ0n) is 45.3. The Kier molecular flexibility index (Phi) is 29.8. The van der Waals surface area contributed by atoms with Gasteiger partial charge in [-0.3, -0.25) is 57.7 Å². The molecule has 0 radical (unpaired) electrons. The fraction of sp³-hybridized carbons (Fsp3) is 0.729. The molecule has 1 aliphatic rings. The molecule has 1 rings (SSSR count). The van der Waals surface area contributed by atoms with Crippen LogP contribution < -0.4 is 65.5 Å². The van der Waals surface area contributed by atoms with Crippen molar-refractivity contribution in [2.24, 2.45) is 51.6 Å². The van der Waals surface area contributed by atoms with E-state index < -0.39 is 163 Å². The van der Waals surface area contributed by atoms with E-state index in [4.69, 9.17) is 22.9 Å². The lowest BCUT2D eigenvalue weighted by Gasteiger charge is -2.32. The number of aliphatic imine (C=N–C) groups is 1. The Balaban J connectivity index is 3.34. The quantitative estimate of drug-likeness (QED) is 0.0162. The number of primary amides is 1. The number of likely N-dealkylation sites (tertiary alicyclic amines) is 1. The maximum absolute atomic E-state index is 14.3. The maximum Gasteiger partial charge on any atom is 0.326 e. The van der Waals surface area contributed by atoms with Crippen molar-refractivity contribution >= 4 is 77.0 Å². The molecule has 77 heavy (non-hydrogen) atoms. The van der Waals surface area contributed by atoms with Gasteiger partial charge in [0.15, 0.2) is 5.96 Å². The predicted molar refractivity (Wildman–Crippen MR) is 278 cm³/mol. The minimum absolute atomic E-state index is 0.00473. The topological polar surface area (TPSA) is 481 Å². The van der Waals surface area contributed by atoms with Crippen LogP contribution in [0.25, 0.3) is 0 Å². The highest BCUT2D eigenvalue weighted by atomic mass is 16.4. The van der Waals surface area contributed by atoms with Crippen LogP contribution in [0, 0.1) is 23.7 Å². The number of aliphatic hydroxyl groups excluding tert-OH is 1. The molecule has 1 fully saturated rings. The number of guanidine groups is 1. The number of hydrogen-bond donors (Lipinski definition) is 15. The van der Waals surface area contributed by atoms with Gasteiger partial charge in [0.2, 0.25) is 59.1 Å². The third kappa shape index (κ3) is 25.0. The Bertz CT molecular complexity index is 2100. The number of hydrogen-bond acceptors (Lipinski definition) is 15. The van der Waals surface area contributed by atoms with Crippen molar-refractivity contribution in [2.45, 2.75) is 174 Å². The molecule has 0 bridgehead atoms. The molecule has 1 heterocycles. The minimum Gasteiger partial charge on any atom is -0.481 e. The van der Waals surface area contributed by atoms with Crippen LogP contribution in [0.2, 0.25) is 0 Å². The number of nitrogens with two attached hydrogens (primary N) is 4. The number of carbonyl (C=O) groups is 12. The molecule has 29 heteroatoms. The molecule has 0 spiro atoms. The normalized spacial score (nSPS) is 16.3. The predicted octanol–water partition coefficient (Wildman–Crippen LogP) is -4.52. The van der Waals surface area contributed by atoms with Gasteiger partial charge in [0.1, 0.15) is 54.4 Å². The van der Waals surface area contributed by atoms with Gasteiger partial charge in [-0.05, 0) is 75.0 Å². The lowest BCUT2D eigenvalue weighted by atomic mass is 9.97. The summed E-state index contributed by atoms with van der Waals surface area (Å²) in [5.41, 5.74) is 21.6. The van der Waals surface area contributed by atoms with E-state index in [-0.39, 0.29) is 75.8 Å². The summed E-state index contributed by atoms with van der Waals surface area (Å²) in [6, 6.07) is -12.0. The molecule has 1 saturated heterocycles. The summed E-state index contributed by atoms with van der Waals surface area (Å²) in [4.78, 5) is 162. The molecule has 436 valence electrons. The van der Waals surface area contributed by atoms with Crippen molar-refractivity contribution in [3.8, 4) is 0 Å². The van der Waals surface area contributed by atoms with Crippen LogP contribution in [0.5, 0.6) is 0 Å². The lowest BCUT2D eigenvalue weighted by Crippen LogP contribution is -2.61. The first kappa shape index (κ1) is 67.8. The molecule has 19 N–H and O–H groups in total. The van der Waals surface area contributed by atoms with E-state index >= 15 is 0 Å². The number of aliphatic carboxylic acids is 2. The Hall–Kier alpha value is -7.17. The average molecular weight is 1100 g/mol. The second kappa shape index (κ2) is 33.8. The zero-order valence-corrected chi connectivity index (χ0v) is 45.3. The molecule has 10 amide bonds. The van der Waals surface area contributed by atoms with E-state index in [1.54, 1.807) is 55.4 Å². The molecule has 29 nitrogen and oxygen atoms in total. The maximum atomic E-state index is 14.3. The van der Waals surface area contributed by atoms with Crippen LogP contribution in [-0.4, -0.2) is 178 Å². The van der Waals surface area contributed by atoms with Gasteiger partial charge in [-0.15, -0.1) is 0 Å². The SMILES string of the molecule is CC(C)C[C@H](NC(=O)[C@@H](NC(=O)[C@@H](NC(=O)[C@H](CCC(=O)O)NC(=O)[C@@H]1CCCN1C(=O)[C@H](CC(C)C)NC(=O)[C@H](CCCN=C(N)N)NC(=O)[C@@H](N)CO)C(C)C)C(C)C)C(=O)NCC(=O)N[C@@H](CCC(N)=O)C(=O)O. The molecule has 1 aliphatic heterocycles. The number of carbonyl (C=O) groups excluding carboxylic acids is 10. The fourth-order valence-corrected chi connectivity index (χ4v) is 8.02. The van der Waals surface area contributed by atoms with Crippen molar-refractivity contribution in [3.63, 3.8) is 0 Å². The Morgan fingerprint density at radius 2 is 1.10 bits per heavy atom. The highest BCUT2D eigenvalue weighted by Gasteiger charge is 2.41. The van der Waals surface area contributed by atoms with Crippen molar-refractivity contribution < 1.29 is 72.9 Å². The fourth-order valence-electron chi connectivity index (χ4n) is 8.02. The van der Waals surface area contributed by atoms with Crippen LogP contribution in [0.1, 0.15) is 120 Å². The zero-order chi connectivity index (χ0) is 58.9. The number of aliphatic hydroxyl groups is 1. The number of amides is 10. The summed E-state index contributed by atoms with van der Waals surface area (Å²) in [5, 5.41) is 48.5. The largest absolute Gasteiger partial charge is 0.481 e. The molecule has 0 aromatic rings. The Morgan fingerprint density at radius 3 is 1.62 bits per heavy atom. The standard InChI is InChI=1S/C48H84N14O15/c1-23(2)19-31(40(69)54-21-35(65)55-30(47(76)77)13-15-34(50)64)58-44(73)37(25(5)6)61-45(74)38(26(7)8)60-42(71)29(14-16-36(66)67)57-43(72)33-12-10-18-62(33)46(75)32(20-24(3)4)59-41(70)28(11-9-17-53-48(51)52)56-39(68)27(49)22-63/h23-33,37-38,63H,9-22,49H2,1-8H3,(H2,50,64)(H,54,69)(H,55,65)(H,56,68)(H,57,72)(H,58,73)(H,59,70)(H,60,71)(H,61,74)(H,66,67)(H,76,77)(H4,51,52,53)/t27-,28-,29-,30-,31-,32-,33-,37-,38-/m0/s1. The van der Waals surface area contributed by atoms with Gasteiger partial charge in [-0.25, -0.2) is 4.79 Å². The first-order valence-corrected chi connectivity index (χ1v) is 25.7. The van der Waals surface area contributed by atoms with Crippen molar-refractivity contribution in [1.29, 1.82) is 0 Å². The highest BCUT2D eigenvalue weighted by molar-refractivity contribution is 5.98. The second-order valence-corrected chi connectivity index (χ2v) is 20.5. The van der Waals surface area contributed by atoms with Gasteiger partial charge in [0.25, 0.3) is 0 Å². The number of rotatable bonds is 35. The van der Waals surface area contributed by atoms with Crippen molar-refractivity contribution in [3.05, 3.63) is 0 Å². The summed E-state index contributed by atoms with van der Waals surface area (Å²) >= 11 is 0. The monoisotopic (exact) mass is 1100 g/mol. The third-order valence-corrected chi connectivity index (χ3v) is 12.1. The van der Waals surface area contributed by atoms with Crippen LogP contribution in [0.3, 0.4) is 0 Å². The molecular weight excluding hydrogens is 1010 g/mol. The van der Waals surface area contributed by atoms with Crippen LogP contribution in [0.15, 0.2) is 4.99 Å². The van der Waals surface area contributed by atoms with E-state index in [1.165, 1.54) is 4.90 Å². The van der Waals surface area contributed by atoms with Crippen molar-refractivity contribution in [1.82, 2.24) is 47.4 Å². The molecule has 0 saturated carbocycles. The second-order valence-electron chi connectivity index (χ2n) is 20.5. The van der Waals surface area contributed by atoms with Gasteiger partial charge >= 0.3 is 11.9 Å². The van der Waals surface area contributed by atoms with E-state index in [1.807, 2.05) is 0 Å². The van der Waals surface area contributed by atoms with Crippen LogP contribution in [0.4, 0.5) is 0 Å². The lowest BCUT2D eigenvalue weighted by molar-refractivity contribution is -0.143. The summed E-state index contributed by atoms with van der Waals surface area (Å²) in [6.07, 6.45) is -0.840. The molecule has 9 atom stereocenters. The molecular formula is C48H84N14O15. The third-order valence-electron chi connectivity index (χ3n) is 12.1. The number of nitrogens with zero attached hydrogens (tertiary/aromatic N) is 2. The molecule has 0 aromatic carbocycles. The van der Waals surface area contributed by atoms with Gasteiger partial charge in [0, 0.05) is 25.9 Å². The number of carboxylic acids is 2. The molecule has 0 unspecified atom stereocenters. The highest BCUT2D eigenvalue weighted by Crippen LogP contribution is 2.22. The number of nitrogens with one attached hydrogen (secondary N) is 8. The number of carboxylic acid groups (broad SMARTS) is 2. The molecule has 0 aromatic heterocycles. The Morgan fingerprint density at radius 1 is 0.597 bits per heavy atom. The average Bonchev–Trinajstić information content (AvgIpc) is 3.83. The van der Waals surface area contributed by atoms with Gasteiger partial charge < -0.3 is 85.7 Å². The first-order chi connectivity index (χ1) is 35.9. The smallest absolute Gasteiger partial charge is 0.326 e. The van der Waals surface area contributed by atoms with E-state index in [0.717, 1.165) is 0 Å². The van der Waals surface area contributed by atoms with Gasteiger partial charge in [-0.2, -0.15) is 0 Å². The minimum atomic E-state index is -1.56. The summed E-state index contributed by atoms with van der Waals surface area (Å²) in [6.45, 7) is 12.2. The first-order valence-electron chi connectivity index (χ1n) is 25.7. The molecule has 0 aliphatic carbocycles. The van der Waals surface area contributed by atoms with E-state index in [0.29, 0.717) is 6.42 Å². The van der Waals surface area contributed by atoms with Crippen LogP contribution in [-0.2, 0) is 57.5 Å². The van der Waals surface area contributed by atoms with Gasteiger partial charge in [-0.1, -0.05) is 55.4 Å². The van der Waals surface area contributed by atoms with E-state index in [2.05, 4.69) is 47.5 Å². The van der Waals surface area contributed by atoms with Crippen LogP contribution >= 0.6 is 0 Å². The van der Waals surface area contributed by atoms with Crippen molar-refractivity contribution in [2.75, 3.05) is 26.2 Å². The van der Waals surface area contributed by atoms with E-state index in [9.17, 15) is 72.9 Å². The van der Waals surface area contributed by atoms with Gasteiger partial charge in [0.05, 0.1) is 13.2 Å². The summed E-state index contributed by atoms with van der Waals surface area (Å²) < 4.78 is 0. The Labute approximate surface area is 448 Å².